The molecular formula is C7H9ClN2. The highest BCUT2D eigenvalue weighted by molar-refractivity contribution is 6.30. The fourth-order valence-electron chi connectivity index (χ4n) is 0.756. The lowest BCUT2D eigenvalue weighted by molar-refractivity contribution is 1.04. The molecule has 2 N–H and O–H groups in total. The number of nitrogens with two attached hydrogens (primary N) is 1. The summed E-state index contributed by atoms with van der Waals surface area (Å²) in [6.45, 7) is 2.41. The second-order valence-corrected chi connectivity index (χ2v) is 2.52. The fourth-order valence-corrected chi connectivity index (χ4v) is 0.937. The van der Waals surface area contributed by atoms with Gasteiger partial charge in [0.1, 0.15) is 5.15 Å². The van der Waals surface area contributed by atoms with Gasteiger partial charge >= 0.3 is 0 Å². The van der Waals surface area contributed by atoms with Crippen molar-refractivity contribution >= 4 is 11.6 Å². The minimum atomic E-state index is 0.452. The van der Waals surface area contributed by atoms with Crippen molar-refractivity contribution in [3.05, 3.63) is 28.5 Å². The van der Waals surface area contributed by atoms with Crippen LogP contribution < -0.4 is 5.73 Å². The van der Waals surface area contributed by atoms with Crippen LogP contribution in [0.4, 0.5) is 0 Å². The van der Waals surface area contributed by atoms with Gasteiger partial charge in [-0.2, -0.15) is 0 Å². The molecule has 0 unspecified atom stereocenters. The summed E-state index contributed by atoms with van der Waals surface area (Å²) in [6.07, 6.45) is 1.72. The second kappa shape index (κ2) is 2.99. The Labute approximate surface area is 65.0 Å². The maximum Gasteiger partial charge on any atom is 0.133 e. The van der Waals surface area contributed by atoms with Gasteiger partial charge in [0.15, 0.2) is 0 Å². The topological polar surface area (TPSA) is 38.9 Å². The van der Waals surface area contributed by atoms with E-state index in [2.05, 4.69) is 4.98 Å². The monoisotopic (exact) mass is 156 g/mol. The molecule has 10 heavy (non-hydrogen) atoms. The highest BCUT2D eigenvalue weighted by Crippen LogP contribution is 2.12. The Bertz CT molecular complexity index is 235. The molecule has 0 aliphatic heterocycles. The van der Waals surface area contributed by atoms with Crippen LogP contribution in [0.3, 0.4) is 0 Å². The molecule has 2 nitrogen and oxygen atoms in total. The number of halogens is 1. The molecule has 0 saturated carbocycles. The van der Waals surface area contributed by atoms with Crippen molar-refractivity contribution in [1.82, 2.24) is 4.98 Å². The SMILES string of the molecule is Cc1cnc(Cl)c(CN)c1. The molecule has 3 heteroatoms. The quantitative estimate of drug-likeness (QED) is 0.626. The van der Waals surface area contributed by atoms with Gasteiger partial charge in [0, 0.05) is 18.3 Å². The molecule has 0 saturated heterocycles. The Kier molecular flexibility index (Phi) is 2.25. The lowest BCUT2D eigenvalue weighted by Crippen LogP contribution is -1.98. The van der Waals surface area contributed by atoms with Crippen LogP contribution >= 0.6 is 11.6 Å². The molecule has 0 radical (unpaired) electrons. The highest BCUT2D eigenvalue weighted by Gasteiger charge is 1.97. The summed E-state index contributed by atoms with van der Waals surface area (Å²) >= 11 is 5.71. The Morgan fingerprint density at radius 1 is 1.70 bits per heavy atom. The molecule has 0 atom stereocenters. The number of hydrogen-bond donors (Lipinski definition) is 1. The molecule has 0 fully saturated rings. The van der Waals surface area contributed by atoms with E-state index in [0.717, 1.165) is 11.1 Å². The van der Waals surface area contributed by atoms with Crippen LogP contribution in [-0.4, -0.2) is 4.98 Å². The van der Waals surface area contributed by atoms with Gasteiger partial charge in [0.2, 0.25) is 0 Å². The maximum atomic E-state index is 5.71. The summed E-state index contributed by atoms with van der Waals surface area (Å²) in [4.78, 5) is 3.93. The van der Waals surface area contributed by atoms with Crippen LogP contribution in [0.5, 0.6) is 0 Å². The molecule has 1 aromatic heterocycles. The summed E-state index contributed by atoms with van der Waals surface area (Å²) in [6, 6.07) is 1.94. The maximum absolute atomic E-state index is 5.71. The largest absolute Gasteiger partial charge is 0.326 e. The lowest BCUT2D eigenvalue weighted by Gasteiger charge is -1.99. The van der Waals surface area contributed by atoms with E-state index in [1.165, 1.54) is 0 Å². The second-order valence-electron chi connectivity index (χ2n) is 2.17. The van der Waals surface area contributed by atoms with Gasteiger partial charge in [0.25, 0.3) is 0 Å². The van der Waals surface area contributed by atoms with Crippen LogP contribution in [0.2, 0.25) is 5.15 Å². The Balaban J connectivity index is 3.09. The Morgan fingerprint density at radius 3 is 2.90 bits per heavy atom. The summed E-state index contributed by atoms with van der Waals surface area (Å²) in [5, 5.41) is 0.508. The molecule has 0 aliphatic rings. The average molecular weight is 157 g/mol. The third-order valence-corrected chi connectivity index (χ3v) is 1.61. The molecule has 0 bridgehead atoms. The van der Waals surface area contributed by atoms with Crippen molar-refractivity contribution in [2.45, 2.75) is 13.5 Å². The first-order valence-electron chi connectivity index (χ1n) is 3.05. The van der Waals surface area contributed by atoms with E-state index in [4.69, 9.17) is 17.3 Å². The highest BCUT2D eigenvalue weighted by atomic mass is 35.5. The van der Waals surface area contributed by atoms with Gasteiger partial charge in [-0.15, -0.1) is 0 Å². The van der Waals surface area contributed by atoms with Crippen molar-refractivity contribution in [1.29, 1.82) is 0 Å². The van der Waals surface area contributed by atoms with Crippen molar-refractivity contribution < 1.29 is 0 Å². The first-order valence-corrected chi connectivity index (χ1v) is 3.43. The zero-order valence-electron chi connectivity index (χ0n) is 5.76. The van der Waals surface area contributed by atoms with E-state index in [0.29, 0.717) is 11.7 Å². The van der Waals surface area contributed by atoms with Gasteiger partial charge in [-0.1, -0.05) is 17.7 Å². The third-order valence-electron chi connectivity index (χ3n) is 1.27. The van der Waals surface area contributed by atoms with Crippen LogP contribution in [-0.2, 0) is 6.54 Å². The zero-order chi connectivity index (χ0) is 7.56. The smallest absolute Gasteiger partial charge is 0.133 e. The average Bonchev–Trinajstić information content (AvgIpc) is 1.94. The first kappa shape index (κ1) is 7.51. The van der Waals surface area contributed by atoms with E-state index in [1.807, 2.05) is 13.0 Å². The first-order chi connectivity index (χ1) is 4.74. The van der Waals surface area contributed by atoms with E-state index < -0.39 is 0 Å². The van der Waals surface area contributed by atoms with Gasteiger partial charge in [0.05, 0.1) is 0 Å². The number of aryl methyl sites for hydroxylation is 1. The fraction of sp³-hybridized carbons (Fsp3) is 0.286. The predicted octanol–water partition coefficient (Wildman–Crippen LogP) is 1.50. The van der Waals surface area contributed by atoms with Crippen molar-refractivity contribution in [2.75, 3.05) is 0 Å². The van der Waals surface area contributed by atoms with E-state index in [9.17, 15) is 0 Å². The number of pyridine rings is 1. The molecule has 1 rings (SSSR count). The number of aromatic nitrogens is 1. The Morgan fingerprint density at radius 2 is 2.40 bits per heavy atom. The van der Waals surface area contributed by atoms with E-state index >= 15 is 0 Å². The molecule has 54 valence electrons. The van der Waals surface area contributed by atoms with Gasteiger partial charge in [-0.25, -0.2) is 4.98 Å². The summed E-state index contributed by atoms with van der Waals surface area (Å²) in [7, 11) is 0. The van der Waals surface area contributed by atoms with Gasteiger partial charge in [-0.3, -0.25) is 0 Å². The molecule has 1 aromatic rings. The molecule has 0 aromatic carbocycles. The van der Waals surface area contributed by atoms with Crippen molar-refractivity contribution in [2.24, 2.45) is 5.73 Å². The zero-order valence-corrected chi connectivity index (χ0v) is 6.52. The van der Waals surface area contributed by atoms with Crippen molar-refractivity contribution in [3.8, 4) is 0 Å². The Hall–Kier alpha value is -0.600. The molecule has 0 spiro atoms. The van der Waals surface area contributed by atoms with Crippen LogP contribution in [0.15, 0.2) is 12.3 Å². The minimum absolute atomic E-state index is 0.452. The van der Waals surface area contributed by atoms with Crippen LogP contribution in [0.1, 0.15) is 11.1 Å². The molecule has 0 amide bonds. The third kappa shape index (κ3) is 1.46. The number of hydrogen-bond acceptors (Lipinski definition) is 2. The normalized spacial score (nSPS) is 9.90. The molecule has 0 aliphatic carbocycles. The van der Waals surface area contributed by atoms with Gasteiger partial charge in [-0.05, 0) is 12.5 Å². The minimum Gasteiger partial charge on any atom is -0.326 e. The predicted molar refractivity (Wildman–Crippen MR) is 41.9 cm³/mol. The van der Waals surface area contributed by atoms with Crippen LogP contribution in [0, 0.1) is 6.92 Å². The molecule has 1 heterocycles. The van der Waals surface area contributed by atoms with Gasteiger partial charge < -0.3 is 5.73 Å². The summed E-state index contributed by atoms with van der Waals surface area (Å²) < 4.78 is 0. The van der Waals surface area contributed by atoms with Crippen LogP contribution in [0.25, 0.3) is 0 Å². The number of rotatable bonds is 1. The molecular weight excluding hydrogens is 148 g/mol. The summed E-state index contributed by atoms with van der Waals surface area (Å²) in [5.74, 6) is 0. The summed E-state index contributed by atoms with van der Waals surface area (Å²) in [5.41, 5.74) is 7.39. The lowest BCUT2D eigenvalue weighted by atomic mass is 10.2. The van der Waals surface area contributed by atoms with Crippen molar-refractivity contribution in [3.63, 3.8) is 0 Å². The van der Waals surface area contributed by atoms with E-state index in [1.54, 1.807) is 6.20 Å². The standard InChI is InChI=1S/C7H9ClN2/c1-5-2-6(3-9)7(8)10-4-5/h2,4H,3,9H2,1H3. The number of nitrogens with zero attached hydrogens (tertiary/aromatic N) is 1. The van der Waals surface area contributed by atoms with E-state index in [-0.39, 0.29) is 0 Å².